The third-order valence-electron chi connectivity index (χ3n) is 3.50. The minimum absolute atomic E-state index is 0.279. The van der Waals surface area contributed by atoms with Crippen LogP contribution in [0.4, 0.5) is 0 Å². The minimum Gasteiger partial charge on any atom is -0.293 e. The lowest BCUT2D eigenvalue weighted by atomic mass is 9.94. The number of benzene rings is 1. The van der Waals surface area contributed by atoms with Crippen LogP contribution in [0.15, 0.2) is 45.7 Å². The third-order valence-corrected chi connectivity index (χ3v) is 4.90. The highest BCUT2D eigenvalue weighted by molar-refractivity contribution is 8.04. The van der Waals surface area contributed by atoms with Gasteiger partial charge in [-0.3, -0.25) is 4.79 Å². The van der Waals surface area contributed by atoms with Crippen LogP contribution in [0.5, 0.6) is 0 Å². The summed E-state index contributed by atoms with van der Waals surface area (Å²) in [6.45, 7) is 4.42. The largest absolute Gasteiger partial charge is 0.293 e. The lowest BCUT2D eigenvalue weighted by Crippen LogP contribution is -2.12. The van der Waals surface area contributed by atoms with Gasteiger partial charge in [0.25, 0.3) is 0 Å². The van der Waals surface area contributed by atoms with Crippen molar-refractivity contribution in [2.45, 2.75) is 37.5 Å². The zero-order valence-corrected chi connectivity index (χ0v) is 11.5. The first-order valence-electron chi connectivity index (χ1n) is 6.39. The zero-order chi connectivity index (χ0) is 12.7. The van der Waals surface area contributed by atoms with Crippen molar-refractivity contribution in [2.24, 2.45) is 0 Å². The van der Waals surface area contributed by atoms with Gasteiger partial charge in [-0.1, -0.05) is 56.0 Å². The first-order chi connectivity index (χ1) is 8.66. The molecule has 0 saturated heterocycles. The van der Waals surface area contributed by atoms with Crippen LogP contribution in [0.25, 0.3) is 0 Å². The van der Waals surface area contributed by atoms with Gasteiger partial charge < -0.3 is 0 Å². The number of hydrogen-bond donors (Lipinski definition) is 0. The first kappa shape index (κ1) is 11.8. The SMILES string of the molecule is CC(C)c1cccc2c1SC1=C(C=CCC1=O)C2. The average Bonchev–Trinajstić information content (AvgIpc) is 2.36. The van der Waals surface area contributed by atoms with Crippen LogP contribution < -0.4 is 0 Å². The molecular weight excluding hydrogens is 240 g/mol. The van der Waals surface area contributed by atoms with E-state index in [4.69, 9.17) is 0 Å². The molecule has 0 fully saturated rings. The molecule has 1 aromatic carbocycles. The lowest BCUT2D eigenvalue weighted by molar-refractivity contribution is -0.114. The summed E-state index contributed by atoms with van der Waals surface area (Å²) in [5.41, 5.74) is 3.93. The van der Waals surface area contributed by atoms with Crippen LogP contribution in [0, 0.1) is 0 Å². The maximum Gasteiger partial charge on any atom is 0.173 e. The Morgan fingerprint density at radius 3 is 2.89 bits per heavy atom. The van der Waals surface area contributed by atoms with Gasteiger partial charge >= 0.3 is 0 Å². The van der Waals surface area contributed by atoms with Crippen molar-refractivity contribution in [2.75, 3.05) is 0 Å². The molecule has 0 aromatic heterocycles. The molecule has 3 rings (SSSR count). The Kier molecular flexibility index (Phi) is 2.90. The highest BCUT2D eigenvalue weighted by Gasteiger charge is 2.26. The highest BCUT2D eigenvalue weighted by atomic mass is 32.2. The Labute approximate surface area is 112 Å². The van der Waals surface area contributed by atoms with Crippen LogP contribution in [0.3, 0.4) is 0 Å². The first-order valence-corrected chi connectivity index (χ1v) is 7.21. The molecule has 0 bridgehead atoms. The number of rotatable bonds is 1. The second kappa shape index (κ2) is 4.43. The maximum absolute atomic E-state index is 12.0. The molecule has 0 amide bonds. The Morgan fingerprint density at radius 1 is 1.28 bits per heavy atom. The van der Waals surface area contributed by atoms with Gasteiger partial charge in [0, 0.05) is 11.3 Å². The van der Waals surface area contributed by atoms with Gasteiger partial charge in [0.1, 0.15) is 0 Å². The number of ketones is 1. The molecular formula is C16H16OS. The molecule has 92 valence electrons. The fourth-order valence-corrected chi connectivity index (χ4v) is 3.91. The Balaban J connectivity index is 2.09. The van der Waals surface area contributed by atoms with Crippen molar-refractivity contribution >= 4 is 17.5 Å². The Hall–Kier alpha value is -1.28. The van der Waals surface area contributed by atoms with Crippen LogP contribution in [-0.2, 0) is 11.2 Å². The summed E-state index contributed by atoms with van der Waals surface area (Å²) in [7, 11) is 0. The van der Waals surface area contributed by atoms with E-state index in [1.165, 1.54) is 21.6 Å². The van der Waals surface area contributed by atoms with Gasteiger partial charge in [-0.05, 0) is 29.0 Å². The van der Waals surface area contributed by atoms with Gasteiger partial charge in [0.15, 0.2) is 5.78 Å². The lowest BCUT2D eigenvalue weighted by Gasteiger charge is -2.25. The Morgan fingerprint density at radius 2 is 2.11 bits per heavy atom. The number of hydrogen-bond acceptors (Lipinski definition) is 2. The van der Waals surface area contributed by atoms with E-state index in [9.17, 15) is 4.79 Å². The molecule has 1 aromatic rings. The molecule has 1 aliphatic heterocycles. The van der Waals surface area contributed by atoms with E-state index in [2.05, 4.69) is 38.1 Å². The monoisotopic (exact) mass is 256 g/mol. The number of fused-ring (bicyclic) bond motifs is 1. The van der Waals surface area contributed by atoms with E-state index in [1.807, 2.05) is 6.08 Å². The summed E-state index contributed by atoms with van der Waals surface area (Å²) in [6, 6.07) is 6.50. The van der Waals surface area contributed by atoms with E-state index in [-0.39, 0.29) is 5.78 Å². The van der Waals surface area contributed by atoms with Crippen molar-refractivity contribution in [3.63, 3.8) is 0 Å². The van der Waals surface area contributed by atoms with Crippen LogP contribution in [0.1, 0.15) is 37.3 Å². The number of carbonyl (C=O) groups excluding carboxylic acids is 1. The van der Waals surface area contributed by atoms with Crippen molar-refractivity contribution in [1.29, 1.82) is 0 Å². The van der Waals surface area contributed by atoms with Gasteiger partial charge in [-0.2, -0.15) is 0 Å². The molecule has 0 saturated carbocycles. The summed E-state index contributed by atoms with van der Waals surface area (Å²) < 4.78 is 0. The van der Waals surface area contributed by atoms with Crippen LogP contribution in [0.2, 0.25) is 0 Å². The minimum atomic E-state index is 0.279. The molecule has 18 heavy (non-hydrogen) atoms. The van der Waals surface area contributed by atoms with Crippen molar-refractivity contribution in [3.05, 3.63) is 52.0 Å². The van der Waals surface area contributed by atoms with E-state index >= 15 is 0 Å². The molecule has 0 N–H and O–H groups in total. The smallest absolute Gasteiger partial charge is 0.173 e. The molecule has 2 aliphatic rings. The van der Waals surface area contributed by atoms with E-state index in [0.717, 1.165) is 11.3 Å². The normalized spacial score (nSPS) is 18.1. The van der Waals surface area contributed by atoms with Crippen molar-refractivity contribution in [1.82, 2.24) is 0 Å². The second-order valence-corrected chi connectivity index (χ2v) is 6.17. The van der Waals surface area contributed by atoms with Crippen molar-refractivity contribution in [3.8, 4) is 0 Å². The van der Waals surface area contributed by atoms with E-state index < -0.39 is 0 Å². The second-order valence-electron chi connectivity index (χ2n) is 5.15. The summed E-state index contributed by atoms with van der Waals surface area (Å²) in [5, 5.41) is 0. The topological polar surface area (TPSA) is 17.1 Å². The predicted molar refractivity (Wildman–Crippen MR) is 75.9 cm³/mol. The Bertz CT molecular complexity index is 579. The number of thioether (sulfide) groups is 1. The number of allylic oxidation sites excluding steroid dienone is 4. The summed E-state index contributed by atoms with van der Waals surface area (Å²) >= 11 is 1.68. The average molecular weight is 256 g/mol. The summed E-state index contributed by atoms with van der Waals surface area (Å²) in [6.07, 6.45) is 5.57. The number of Topliss-reactive ketones (excluding diaryl/α,β-unsaturated/α-hetero) is 1. The molecule has 1 nitrogen and oxygen atoms in total. The quantitative estimate of drug-likeness (QED) is 0.747. The molecule has 0 spiro atoms. The predicted octanol–water partition coefficient (Wildman–Crippen LogP) is 4.24. The molecule has 2 heteroatoms. The van der Waals surface area contributed by atoms with Gasteiger partial charge in [-0.15, -0.1) is 0 Å². The maximum atomic E-state index is 12.0. The number of carbonyl (C=O) groups is 1. The molecule has 0 radical (unpaired) electrons. The molecule has 0 unspecified atom stereocenters. The van der Waals surface area contributed by atoms with Crippen LogP contribution in [-0.4, -0.2) is 5.78 Å². The van der Waals surface area contributed by atoms with Gasteiger partial charge in [0.05, 0.1) is 4.91 Å². The molecule has 1 heterocycles. The molecule has 1 aliphatic carbocycles. The zero-order valence-electron chi connectivity index (χ0n) is 10.7. The van der Waals surface area contributed by atoms with E-state index in [1.54, 1.807) is 11.8 Å². The summed E-state index contributed by atoms with van der Waals surface area (Å²) in [4.78, 5) is 14.3. The van der Waals surface area contributed by atoms with Gasteiger partial charge in [0.2, 0.25) is 0 Å². The van der Waals surface area contributed by atoms with E-state index in [0.29, 0.717) is 12.3 Å². The van der Waals surface area contributed by atoms with Gasteiger partial charge in [-0.25, -0.2) is 0 Å². The highest BCUT2D eigenvalue weighted by Crippen LogP contribution is 2.44. The third kappa shape index (κ3) is 1.85. The summed E-state index contributed by atoms with van der Waals surface area (Å²) in [5.74, 6) is 0.783. The van der Waals surface area contributed by atoms with Crippen molar-refractivity contribution < 1.29 is 4.79 Å². The standard InChI is InChI=1S/C16H16OS/c1-10(2)13-7-3-5-11-9-12-6-4-8-14(17)16(12)18-15(11)13/h3-7,10H,8-9H2,1-2H3. The molecule has 0 atom stereocenters. The fourth-order valence-electron chi connectivity index (χ4n) is 2.55. The van der Waals surface area contributed by atoms with Crippen LogP contribution >= 0.6 is 11.8 Å². The fraction of sp³-hybridized carbons (Fsp3) is 0.312.